The first-order valence-corrected chi connectivity index (χ1v) is 12.9. The van der Waals surface area contributed by atoms with Crippen molar-refractivity contribution in [2.75, 3.05) is 45.3 Å². The largest absolute Gasteiger partial charge is 0.497 e. The number of hydrogen-bond donors (Lipinski definition) is 1. The van der Waals surface area contributed by atoms with Crippen LogP contribution < -0.4 is 10.1 Å². The average Bonchev–Trinajstić information content (AvgIpc) is 3.36. The molecule has 1 fully saturated rings. The molecule has 0 radical (unpaired) electrons. The lowest BCUT2D eigenvalue weighted by Gasteiger charge is -2.26. The van der Waals surface area contributed by atoms with Gasteiger partial charge in [-0.25, -0.2) is 18.2 Å². The Morgan fingerprint density at radius 1 is 1.09 bits per heavy atom. The van der Waals surface area contributed by atoms with Crippen molar-refractivity contribution in [1.29, 1.82) is 0 Å². The van der Waals surface area contributed by atoms with E-state index in [-0.39, 0.29) is 23.5 Å². The smallest absolute Gasteiger partial charge is 0.338 e. The van der Waals surface area contributed by atoms with Crippen molar-refractivity contribution in [3.05, 3.63) is 59.5 Å². The molecular weight excluding hydrogens is 494 g/mol. The highest BCUT2D eigenvalue weighted by Gasteiger charge is 2.26. The van der Waals surface area contributed by atoms with Crippen LogP contribution in [0.25, 0.3) is 11.3 Å². The van der Waals surface area contributed by atoms with Crippen molar-refractivity contribution in [3.8, 4) is 17.0 Å². The number of aromatic nitrogens is 1. The van der Waals surface area contributed by atoms with Crippen LogP contribution in [0.5, 0.6) is 5.75 Å². The Kier molecular flexibility index (Phi) is 7.76. The van der Waals surface area contributed by atoms with Gasteiger partial charge in [0.1, 0.15) is 5.75 Å². The Morgan fingerprint density at radius 3 is 2.43 bits per heavy atom. The number of hydrogen-bond acceptors (Lipinski definition) is 9. The molecule has 1 amide bonds. The summed E-state index contributed by atoms with van der Waals surface area (Å²) < 4.78 is 42.1. The summed E-state index contributed by atoms with van der Waals surface area (Å²) in [6, 6.07) is 12.8. The first-order valence-electron chi connectivity index (χ1n) is 10.6. The second kappa shape index (κ2) is 11.0. The number of carbonyl (C=O) groups excluding carboxylic acids is 2. The zero-order chi connectivity index (χ0) is 24.8. The van der Waals surface area contributed by atoms with Crippen molar-refractivity contribution in [2.45, 2.75) is 4.90 Å². The van der Waals surface area contributed by atoms with Gasteiger partial charge in [-0.3, -0.25) is 10.1 Å². The Hall–Kier alpha value is -3.32. The Labute approximate surface area is 206 Å². The summed E-state index contributed by atoms with van der Waals surface area (Å²) in [7, 11) is -2.07. The minimum atomic E-state index is -3.66. The first-order chi connectivity index (χ1) is 16.9. The van der Waals surface area contributed by atoms with Crippen LogP contribution in [0.4, 0.5) is 5.13 Å². The number of rotatable bonds is 8. The lowest BCUT2D eigenvalue weighted by Crippen LogP contribution is -2.40. The Morgan fingerprint density at radius 2 is 1.77 bits per heavy atom. The van der Waals surface area contributed by atoms with E-state index >= 15 is 0 Å². The van der Waals surface area contributed by atoms with E-state index in [9.17, 15) is 18.0 Å². The predicted octanol–water partition coefficient (Wildman–Crippen LogP) is 2.64. The van der Waals surface area contributed by atoms with Crippen LogP contribution in [0.15, 0.2) is 58.8 Å². The fourth-order valence-electron chi connectivity index (χ4n) is 3.29. The van der Waals surface area contributed by atoms with E-state index in [1.54, 1.807) is 12.5 Å². The van der Waals surface area contributed by atoms with Crippen LogP contribution in [-0.4, -0.2) is 69.6 Å². The molecule has 1 saturated heterocycles. The number of sulfonamides is 1. The fourth-order valence-corrected chi connectivity index (χ4v) is 5.44. The molecule has 1 aliphatic rings. The topological polar surface area (TPSA) is 124 Å². The minimum absolute atomic E-state index is 0.0742. The van der Waals surface area contributed by atoms with Gasteiger partial charge >= 0.3 is 5.97 Å². The van der Waals surface area contributed by atoms with Crippen LogP contribution in [0.2, 0.25) is 0 Å². The molecule has 3 aromatic rings. The number of carbonyl (C=O) groups is 2. The molecule has 0 atom stereocenters. The number of anilines is 1. The third kappa shape index (κ3) is 6.03. The normalized spacial score (nSPS) is 14.3. The molecular formula is C23H23N3O7S2. The number of amides is 1. The molecule has 1 aliphatic heterocycles. The number of thiazole rings is 1. The maximum Gasteiger partial charge on any atom is 0.338 e. The fraction of sp³-hybridized carbons (Fsp3) is 0.261. The van der Waals surface area contributed by atoms with E-state index in [0.29, 0.717) is 24.0 Å². The van der Waals surface area contributed by atoms with E-state index in [0.717, 1.165) is 11.3 Å². The monoisotopic (exact) mass is 517 g/mol. The summed E-state index contributed by atoms with van der Waals surface area (Å²) >= 11 is 1.25. The first kappa shape index (κ1) is 24.8. The van der Waals surface area contributed by atoms with Gasteiger partial charge in [-0.1, -0.05) is 0 Å². The zero-order valence-corrected chi connectivity index (χ0v) is 20.4. The van der Waals surface area contributed by atoms with Gasteiger partial charge in [-0.2, -0.15) is 4.31 Å². The molecule has 10 nitrogen and oxygen atoms in total. The van der Waals surface area contributed by atoms with Gasteiger partial charge in [0.2, 0.25) is 10.0 Å². The van der Waals surface area contributed by atoms with Gasteiger partial charge in [0, 0.05) is 24.0 Å². The van der Waals surface area contributed by atoms with E-state index in [4.69, 9.17) is 14.2 Å². The zero-order valence-electron chi connectivity index (χ0n) is 18.8. The molecule has 2 heterocycles. The molecule has 1 N–H and O–H groups in total. The number of benzene rings is 2. The van der Waals surface area contributed by atoms with E-state index < -0.39 is 28.5 Å². The highest BCUT2D eigenvalue weighted by Crippen LogP contribution is 2.26. The molecule has 184 valence electrons. The van der Waals surface area contributed by atoms with Crippen LogP contribution in [0.1, 0.15) is 10.4 Å². The summed E-state index contributed by atoms with van der Waals surface area (Å²) in [6.07, 6.45) is 0. The third-order valence-electron chi connectivity index (χ3n) is 5.17. The number of methoxy groups -OCH3 is 1. The third-order valence-corrected chi connectivity index (χ3v) is 7.84. The quantitative estimate of drug-likeness (QED) is 0.452. The predicted molar refractivity (Wildman–Crippen MR) is 129 cm³/mol. The molecule has 0 unspecified atom stereocenters. The number of nitrogens with one attached hydrogen (secondary N) is 1. The molecule has 12 heteroatoms. The standard InChI is InChI=1S/C23H23N3O7S2/c1-31-18-6-2-16(3-7-18)20-15-34-23(24-20)25-21(27)14-33-22(28)17-4-8-19(9-5-17)35(29,30)26-10-12-32-13-11-26/h2-9,15H,10-14H2,1H3,(H,24,25,27). The maximum atomic E-state index is 12.7. The van der Waals surface area contributed by atoms with Crippen molar-refractivity contribution in [1.82, 2.24) is 9.29 Å². The number of nitrogens with zero attached hydrogens (tertiary/aromatic N) is 2. The summed E-state index contributed by atoms with van der Waals surface area (Å²) in [6.45, 7) is 0.735. The lowest BCUT2D eigenvalue weighted by molar-refractivity contribution is -0.119. The second-order valence-electron chi connectivity index (χ2n) is 7.43. The van der Waals surface area contributed by atoms with Gasteiger partial charge in [-0.05, 0) is 48.5 Å². The maximum absolute atomic E-state index is 12.7. The Bertz CT molecular complexity index is 1280. The lowest BCUT2D eigenvalue weighted by atomic mass is 10.2. The second-order valence-corrected chi connectivity index (χ2v) is 10.2. The number of esters is 1. The van der Waals surface area contributed by atoms with Crippen LogP contribution in [0.3, 0.4) is 0 Å². The van der Waals surface area contributed by atoms with Gasteiger partial charge in [-0.15, -0.1) is 11.3 Å². The van der Waals surface area contributed by atoms with E-state index in [2.05, 4.69) is 10.3 Å². The van der Waals surface area contributed by atoms with Crippen LogP contribution in [-0.2, 0) is 24.3 Å². The SMILES string of the molecule is COc1ccc(-c2csc(NC(=O)COC(=O)c3ccc(S(=O)(=O)N4CCOCC4)cc3)n2)cc1. The molecule has 0 bridgehead atoms. The molecule has 35 heavy (non-hydrogen) atoms. The molecule has 2 aromatic carbocycles. The highest BCUT2D eigenvalue weighted by atomic mass is 32.2. The summed E-state index contributed by atoms with van der Waals surface area (Å²) in [4.78, 5) is 29.0. The van der Waals surface area contributed by atoms with Crippen LogP contribution >= 0.6 is 11.3 Å². The molecule has 4 rings (SSSR count). The molecule has 1 aromatic heterocycles. The van der Waals surface area contributed by atoms with Crippen molar-refractivity contribution in [3.63, 3.8) is 0 Å². The van der Waals surface area contributed by atoms with Crippen molar-refractivity contribution in [2.24, 2.45) is 0 Å². The summed E-state index contributed by atoms with van der Waals surface area (Å²) in [5.41, 5.74) is 1.69. The molecule has 0 aliphatic carbocycles. The van der Waals surface area contributed by atoms with Gasteiger partial charge < -0.3 is 14.2 Å². The van der Waals surface area contributed by atoms with Crippen molar-refractivity contribution >= 4 is 38.4 Å². The number of ether oxygens (including phenoxy) is 3. The van der Waals surface area contributed by atoms with Gasteiger partial charge in [0.15, 0.2) is 11.7 Å². The van der Waals surface area contributed by atoms with Crippen LogP contribution in [0, 0.1) is 0 Å². The van der Waals surface area contributed by atoms with E-state index in [1.165, 1.54) is 39.9 Å². The molecule has 0 spiro atoms. The minimum Gasteiger partial charge on any atom is -0.497 e. The number of morpholine rings is 1. The van der Waals surface area contributed by atoms with E-state index in [1.807, 2.05) is 24.3 Å². The van der Waals surface area contributed by atoms with Gasteiger partial charge in [0.05, 0.1) is 36.5 Å². The van der Waals surface area contributed by atoms with Gasteiger partial charge in [0.25, 0.3) is 5.91 Å². The van der Waals surface area contributed by atoms with Crippen molar-refractivity contribution < 1.29 is 32.2 Å². The summed E-state index contributed by atoms with van der Waals surface area (Å²) in [5.74, 6) is -0.554. The molecule has 0 saturated carbocycles. The Balaban J connectivity index is 1.30. The summed E-state index contributed by atoms with van der Waals surface area (Å²) in [5, 5.41) is 4.77. The average molecular weight is 518 g/mol. The highest BCUT2D eigenvalue weighted by molar-refractivity contribution is 7.89.